The quantitative estimate of drug-likeness (QED) is 0.0222. The van der Waals surface area contributed by atoms with Crippen LogP contribution in [0.2, 0.25) is 0 Å². The fourth-order valence-corrected chi connectivity index (χ4v) is 14.2. The van der Waals surface area contributed by atoms with Crippen molar-refractivity contribution in [3.63, 3.8) is 0 Å². The molecule has 0 aromatic rings. The van der Waals surface area contributed by atoms with Gasteiger partial charge in [0.2, 0.25) is 0 Å². The Hall–Kier alpha value is -1.94. The molecule has 0 fully saturated rings. The number of aliphatic hydroxyl groups excluding tert-OH is 1. The zero-order valence-corrected chi connectivity index (χ0v) is 68.3. The molecule has 5 atom stereocenters. The first kappa shape index (κ1) is 99.1. The van der Waals surface area contributed by atoms with E-state index < -0.39 is 97.5 Å². The smallest absolute Gasteiger partial charge is 0.462 e. The van der Waals surface area contributed by atoms with E-state index in [-0.39, 0.29) is 25.7 Å². The van der Waals surface area contributed by atoms with E-state index in [4.69, 9.17) is 37.0 Å². The number of hydrogen-bond donors (Lipinski definition) is 3. The number of aliphatic hydroxyl groups is 1. The number of esters is 4. The molecule has 0 saturated carbocycles. The van der Waals surface area contributed by atoms with Crippen LogP contribution in [0.25, 0.3) is 0 Å². The maximum atomic E-state index is 13.1. The van der Waals surface area contributed by atoms with Crippen molar-refractivity contribution in [2.45, 2.75) is 440 Å². The molecule has 0 aromatic heterocycles. The lowest BCUT2D eigenvalue weighted by molar-refractivity contribution is -0.161. The van der Waals surface area contributed by atoms with E-state index >= 15 is 0 Å². The summed E-state index contributed by atoms with van der Waals surface area (Å²) in [6.07, 6.45) is 58.3. The molecule has 0 aromatic carbocycles. The third-order valence-corrected chi connectivity index (χ3v) is 21.0. The standard InChI is InChI=1S/C82H160O17P2/c1-72(2)58-50-42-34-27-21-15-11-9-10-12-18-25-31-39-48-56-64-82(87)99-78(69-93-80(85)63-55-47-41-33-37-45-53-61-75(7)8)71-97-101(90,91)95-67-76(83)66-94-100(88,89)96-70-77(98-81(86)65-57-49-40-32-26-20-14-17-23-29-36-44-52-60-74(5)6)68-92-79(84)62-54-46-38-30-24-19-13-16-22-28-35-43-51-59-73(3)4/h72-78,83H,9-71H2,1-8H3,(H,88,89)(H,90,91)/t76?,77-,78-/m1/s1. The fourth-order valence-electron chi connectivity index (χ4n) is 12.6. The summed E-state index contributed by atoms with van der Waals surface area (Å²) in [4.78, 5) is 73.1. The molecule has 17 nitrogen and oxygen atoms in total. The molecule has 0 rings (SSSR count). The Morgan fingerprint density at radius 1 is 0.248 bits per heavy atom. The normalized spacial score (nSPS) is 14.0. The summed E-state index contributed by atoms with van der Waals surface area (Å²) in [5.74, 6) is 0.979. The molecule has 0 aliphatic carbocycles. The number of unbranched alkanes of at least 4 members (excludes halogenated alkanes) is 45. The second-order valence-corrected chi connectivity index (χ2v) is 34.3. The minimum Gasteiger partial charge on any atom is -0.462 e. The number of phosphoric ester groups is 2. The SMILES string of the molecule is CC(C)CCCCCCCCCCCCCCCCCCC(=O)O[C@H](COC(=O)CCCCCCCCCC(C)C)COP(=O)(O)OCC(O)COP(=O)(O)OC[C@@H](COC(=O)CCCCCCCCCCCCCCCC(C)C)OC(=O)CCCCCCCCCCCCCCCC(C)C. The van der Waals surface area contributed by atoms with Gasteiger partial charge in [-0.05, 0) is 49.4 Å². The van der Waals surface area contributed by atoms with Crippen molar-refractivity contribution in [1.29, 1.82) is 0 Å². The van der Waals surface area contributed by atoms with Gasteiger partial charge in [0.25, 0.3) is 0 Å². The molecule has 19 heteroatoms. The third-order valence-electron chi connectivity index (χ3n) is 19.1. The van der Waals surface area contributed by atoms with Gasteiger partial charge in [0.15, 0.2) is 12.2 Å². The van der Waals surface area contributed by atoms with Gasteiger partial charge >= 0.3 is 39.5 Å². The Labute approximate surface area is 619 Å². The lowest BCUT2D eigenvalue weighted by atomic mass is 10.0. The molecular weight excluding hydrogens is 1320 g/mol. The van der Waals surface area contributed by atoms with Crippen LogP contribution in [-0.2, 0) is 65.4 Å². The zero-order valence-electron chi connectivity index (χ0n) is 66.5. The number of rotatable bonds is 79. The average Bonchev–Trinajstić information content (AvgIpc) is 0.931. The van der Waals surface area contributed by atoms with Crippen molar-refractivity contribution in [3.05, 3.63) is 0 Å². The van der Waals surface area contributed by atoms with E-state index in [1.165, 1.54) is 218 Å². The maximum absolute atomic E-state index is 13.1. The highest BCUT2D eigenvalue weighted by atomic mass is 31.2. The second-order valence-electron chi connectivity index (χ2n) is 31.4. The van der Waals surface area contributed by atoms with Crippen LogP contribution in [0.1, 0.15) is 421 Å². The Balaban J connectivity index is 5.23. The van der Waals surface area contributed by atoms with Gasteiger partial charge in [-0.2, -0.15) is 0 Å². The monoisotopic (exact) mass is 1480 g/mol. The van der Waals surface area contributed by atoms with Crippen molar-refractivity contribution in [1.82, 2.24) is 0 Å². The van der Waals surface area contributed by atoms with Gasteiger partial charge < -0.3 is 33.8 Å². The molecule has 0 bridgehead atoms. The lowest BCUT2D eigenvalue weighted by Gasteiger charge is -2.21. The molecule has 0 radical (unpaired) electrons. The molecule has 3 N–H and O–H groups in total. The highest BCUT2D eigenvalue weighted by molar-refractivity contribution is 7.47. The van der Waals surface area contributed by atoms with Crippen LogP contribution in [0.5, 0.6) is 0 Å². The number of carbonyl (C=O) groups excluding carboxylic acids is 4. The molecule has 0 heterocycles. The molecule has 0 amide bonds. The summed E-state index contributed by atoms with van der Waals surface area (Å²) in [7, 11) is -9.92. The van der Waals surface area contributed by atoms with Crippen LogP contribution in [0.4, 0.5) is 0 Å². The summed E-state index contributed by atoms with van der Waals surface area (Å²) >= 11 is 0. The Bertz CT molecular complexity index is 1970. The summed E-state index contributed by atoms with van der Waals surface area (Å²) < 4.78 is 68.8. The predicted molar refractivity (Wildman–Crippen MR) is 414 cm³/mol. The van der Waals surface area contributed by atoms with Gasteiger partial charge in [-0.3, -0.25) is 37.3 Å². The summed E-state index contributed by atoms with van der Waals surface area (Å²) in [6.45, 7) is 14.3. The number of hydrogen-bond acceptors (Lipinski definition) is 15. The first-order valence-electron chi connectivity index (χ1n) is 42.2. The molecule has 0 saturated heterocycles. The molecule has 600 valence electrons. The van der Waals surface area contributed by atoms with Gasteiger partial charge in [-0.1, -0.05) is 370 Å². The van der Waals surface area contributed by atoms with Crippen LogP contribution in [0, 0.1) is 23.7 Å². The minimum absolute atomic E-state index is 0.107. The Morgan fingerprint density at radius 2 is 0.416 bits per heavy atom. The second kappa shape index (κ2) is 71.0. The summed E-state index contributed by atoms with van der Waals surface area (Å²) in [5, 5.41) is 10.6. The van der Waals surface area contributed by atoms with Gasteiger partial charge in [0.05, 0.1) is 26.4 Å². The van der Waals surface area contributed by atoms with Crippen molar-refractivity contribution in [3.8, 4) is 0 Å². The molecular formula is C82H160O17P2. The van der Waals surface area contributed by atoms with Crippen LogP contribution in [0.3, 0.4) is 0 Å². The predicted octanol–water partition coefficient (Wildman–Crippen LogP) is 24.4. The largest absolute Gasteiger partial charge is 0.472 e. The summed E-state index contributed by atoms with van der Waals surface area (Å²) in [6, 6.07) is 0. The van der Waals surface area contributed by atoms with Crippen molar-refractivity contribution >= 4 is 39.5 Å². The van der Waals surface area contributed by atoms with E-state index in [9.17, 15) is 43.2 Å². The van der Waals surface area contributed by atoms with Gasteiger partial charge in [0, 0.05) is 25.7 Å². The summed E-state index contributed by atoms with van der Waals surface area (Å²) in [5.41, 5.74) is 0. The van der Waals surface area contributed by atoms with Crippen molar-refractivity contribution < 1.29 is 80.2 Å². The Kier molecular flexibility index (Phi) is 69.6. The van der Waals surface area contributed by atoms with Crippen molar-refractivity contribution in [2.75, 3.05) is 39.6 Å². The topological polar surface area (TPSA) is 237 Å². The van der Waals surface area contributed by atoms with E-state index in [1.54, 1.807) is 0 Å². The number of ether oxygens (including phenoxy) is 4. The lowest BCUT2D eigenvalue weighted by Crippen LogP contribution is -2.30. The van der Waals surface area contributed by atoms with Crippen molar-refractivity contribution in [2.24, 2.45) is 23.7 Å². The number of phosphoric acid groups is 2. The third kappa shape index (κ3) is 76.1. The van der Waals surface area contributed by atoms with Gasteiger partial charge in [0.1, 0.15) is 19.3 Å². The van der Waals surface area contributed by atoms with E-state index in [0.717, 1.165) is 114 Å². The molecule has 101 heavy (non-hydrogen) atoms. The van der Waals surface area contributed by atoms with Crippen LogP contribution in [-0.4, -0.2) is 96.7 Å². The van der Waals surface area contributed by atoms with Gasteiger partial charge in [-0.25, -0.2) is 9.13 Å². The average molecular weight is 1480 g/mol. The zero-order chi connectivity index (χ0) is 74.6. The maximum Gasteiger partial charge on any atom is 0.472 e. The van der Waals surface area contributed by atoms with Crippen LogP contribution >= 0.6 is 15.6 Å². The van der Waals surface area contributed by atoms with E-state index in [1.807, 2.05) is 0 Å². The first-order chi connectivity index (χ1) is 48.6. The van der Waals surface area contributed by atoms with Gasteiger partial charge in [-0.15, -0.1) is 0 Å². The Morgan fingerprint density at radius 3 is 0.614 bits per heavy atom. The number of carbonyl (C=O) groups is 4. The molecule has 3 unspecified atom stereocenters. The fraction of sp³-hybridized carbons (Fsp3) is 0.951. The molecule has 0 spiro atoms. The van der Waals surface area contributed by atoms with Crippen LogP contribution < -0.4 is 0 Å². The highest BCUT2D eigenvalue weighted by Crippen LogP contribution is 2.45. The van der Waals surface area contributed by atoms with E-state index in [0.29, 0.717) is 31.6 Å². The first-order valence-corrected chi connectivity index (χ1v) is 45.2. The highest BCUT2D eigenvalue weighted by Gasteiger charge is 2.30. The van der Waals surface area contributed by atoms with Crippen LogP contribution in [0.15, 0.2) is 0 Å². The van der Waals surface area contributed by atoms with E-state index in [2.05, 4.69) is 55.4 Å². The molecule has 0 aliphatic heterocycles. The molecule has 0 aliphatic rings. The minimum atomic E-state index is -4.96.